The number of rotatable bonds is 13. The van der Waals surface area contributed by atoms with Crippen LogP contribution >= 0.6 is 0 Å². The van der Waals surface area contributed by atoms with Gasteiger partial charge in [-0.1, -0.05) is 72.4 Å². The predicted octanol–water partition coefficient (Wildman–Crippen LogP) is 4.65. The summed E-state index contributed by atoms with van der Waals surface area (Å²) < 4.78 is 43.8. The summed E-state index contributed by atoms with van der Waals surface area (Å²) in [5.41, 5.74) is 6.74. The molecule has 2 rings (SSSR count). The van der Waals surface area contributed by atoms with Gasteiger partial charge in [0.05, 0.1) is 24.8 Å². The molecule has 1 aromatic rings. The van der Waals surface area contributed by atoms with Crippen LogP contribution < -0.4 is 11.1 Å². The summed E-state index contributed by atoms with van der Waals surface area (Å²) >= 11 is 0. The molecule has 5 atom stereocenters. The quantitative estimate of drug-likeness (QED) is 0.167. The summed E-state index contributed by atoms with van der Waals surface area (Å²) in [6.07, 6.45) is -1.53. The molecule has 9 nitrogen and oxygen atoms in total. The number of esters is 1. The van der Waals surface area contributed by atoms with Gasteiger partial charge in [0.15, 0.2) is 11.9 Å². The van der Waals surface area contributed by atoms with E-state index in [4.69, 9.17) is 5.73 Å². The van der Waals surface area contributed by atoms with Crippen LogP contribution in [0.2, 0.25) is 0 Å². The van der Waals surface area contributed by atoms with Gasteiger partial charge in [-0.2, -0.15) is 13.2 Å². The minimum atomic E-state index is -4.92. The minimum absolute atomic E-state index is 0.0810. The van der Waals surface area contributed by atoms with Crippen LogP contribution in [0.5, 0.6) is 0 Å². The molecule has 0 aromatic heterocycles. The van der Waals surface area contributed by atoms with Crippen molar-refractivity contribution in [3.8, 4) is 0 Å². The zero-order valence-electron chi connectivity index (χ0n) is 26.1. The Morgan fingerprint density at radius 3 is 2.05 bits per heavy atom. The van der Waals surface area contributed by atoms with Crippen molar-refractivity contribution in [2.75, 3.05) is 13.7 Å². The number of methoxy groups -OCH3 is 1. The van der Waals surface area contributed by atoms with E-state index in [1.807, 2.05) is 0 Å². The molecule has 1 saturated heterocycles. The molecule has 4 N–H and O–H groups in total. The number of hydrogen-bond donors (Lipinski definition) is 3. The van der Waals surface area contributed by atoms with Crippen molar-refractivity contribution < 1.29 is 42.2 Å². The van der Waals surface area contributed by atoms with Crippen LogP contribution in [0.3, 0.4) is 0 Å². The average Bonchev–Trinajstić information content (AvgIpc) is 3.47. The summed E-state index contributed by atoms with van der Waals surface area (Å²) in [5, 5.41) is 11.9. The molecule has 0 spiro atoms. The summed E-state index contributed by atoms with van der Waals surface area (Å²) in [7, 11) is 1.24. The molecule has 1 aromatic carbocycles. The molecule has 1 aliphatic rings. The fourth-order valence-electron chi connectivity index (χ4n) is 4.76. The number of aliphatic hydroxyl groups excluding tert-OH is 1. The Kier molecular flexibility index (Phi) is 15.9. The second-order valence-electron chi connectivity index (χ2n) is 11.4. The molecular formula is C31H48F3N3O6. The van der Waals surface area contributed by atoms with Gasteiger partial charge in [-0.25, -0.2) is 4.79 Å². The molecule has 0 bridgehead atoms. The van der Waals surface area contributed by atoms with Crippen LogP contribution in [0.4, 0.5) is 13.2 Å². The smallest absolute Gasteiger partial charge is 0.416 e. The molecule has 1 aliphatic heterocycles. The predicted molar refractivity (Wildman–Crippen MR) is 157 cm³/mol. The fourth-order valence-corrected chi connectivity index (χ4v) is 4.76. The van der Waals surface area contributed by atoms with Crippen LogP contribution in [-0.4, -0.2) is 77.6 Å². The maximum absolute atomic E-state index is 13.1. The number of carbonyl (C=O) groups excluding carboxylic acids is 4. The Balaban J connectivity index is 0.00000139. The van der Waals surface area contributed by atoms with Gasteiger partial charge >= 0.3 is 12.1 Å². The SMILES string of the molecule is CCCCCC.COC(=O)c1ccc(C(=O)CC(C)[C@H](N)C(=O)N2CCC[C@H]2C(=O)NC(C(C)C)C(O)C(F)(F)F)cc1. The van der Waals surface area contributed by atoms with Crippen molar-refractivity contribution in [1.82, 2.24) is 10.2 Å². The number of ketones is 1. The third-order valence-corrected chi connectivity index (χ3v) is 7.53. The zero-order valence-corrected chi connectivity index (χ0v) is 26.1. The lowest BCUT2D eigenvalue weighted by molar-refractivity contribution is -0.215. The van der Waals surface area contributed by atoms with E-state index < -0.39 is 60.0 Å². The highest BCUT2D eigenvalue weighted by Gasteiger charge is 2.46. The average molecular weight is 616 g/mol. The number of amides is 2. The van der Waals surface area contributed by atoms with Gasteiger partial charge in [0.25, 0.3) is 0 Å². The number of Topliss-reactive ketones (excluding diaryl/α,β-unsaturated/α-hetero) is 1. The number of ether oxygens (including phenoxy) is 1. The van der Waals surface area contributed by atoms with Gasteiger partial charge in [0.1, 0.15) is 6.04 Å². The van der Waals surface area contributed by atoms with Gasteiger partial charge < -0.3 is 25.8 Å². The zero-order chi connectivity index (χ0) is 32.9. The minimum Gasteiger partial charge on any atom is -0.465 e. The number of nitrogens with zero attached hydrogens (tertiary/aromatic N) is 1. The Morgan fingerprint density at radius 1 is 1.05 bits per heavy atom. The fraction of sp³-hybridized carbons (Fsp3) is 0.677. The maximum Gasteiger partial charge on any atom is 0.416 e. The second-order valence-corrected chi connectivity index (χ2v) is 11.4. The normalized spacial score (nSPS) is 17.8. The molecule has 1 heterocycles. The first-order valence-electron chi connectivity index (χ1n) is 14.9. The Morgan fingerprint density at radius 2 is 1.58 bits per heavy atom. The second kappa shape index (κ2) is 18.0. The van der Waals surface area contributed by atoms with Crippen molar-refractivity contribution in [2.24, 2.45) is 17.6 Å². The van der Waals surface area contributed by atoms with Crippen LogP contribution in [0.15, 0.2) is 24.3 Å². The molecule has 12 heteroatoms. The Hall–Kier alpha value is -2.99. The van der Waals surface area contributed by atoms with Gasteiger partial charge in [-0.3, -0.25) is 14.4 Å². The highest BCUT2D eigenvalue weighted by atomic mass is 19.4. The van der Waals surface area contributed by atoms with Crippen molar-refractivity contribution in [2.45, 2.75) is 110 Å². The number of alkyl halides is 3. The van der Waals surface area contributed by atoms with E-state index in [0.717, 1.165) is 0 Å². The van der Waals surface area contributed by atoms with Gasteiger partial charge in [0, 0.05) is 18.5 Å². The molecular weight excluding hydrogens is 567 g/mol. The number of carbonyl (C=O) groups is 4. The lowest BCUT2D eigenvalue weighted by Gasteiger charge is -2.33. The first kappa shape index (κ1) is 38.0. The van der Waals surface area contributed by atoms with E-state index in [9.17, 15) is 37.5 Å². The number of nitrogens with one attached hydrogen (secondary N) is 1. The van der Waals surface area contributed by atoms with Crippen LogP contribution in [0, 0.1) is 11.8 Å². The van der Waals surface area contributed by atoms with Crippen LogP contribution in [0.1, 0.15) is 100 Å². The van der Waals surface area contributed by atoms with E-state index in [2.05, 4.69) is 23.9 Å². The lowest BCUT2D eigenvalue weighted by atomic mass is 9.92. The number of likely N-dealkylation sites (tertiary alicyclic amines) is 1. The monoisotopic (exact) mass is 615 g/mol. The number of hydrogen-bond acceptors (Lipinski definition) is 7. The molecule has 2 amide bonds. The molecule has 1 fully saturated rings. The van der Waals surface area contributed by atoms with Crippen LogP contribution in [-0.2, 0) is 14.3 Å². The summed E-state index contributed by atoms with van der Waals surface area (Å²) in [5.74, 6) is -3.56. The van der Waals surface area contributed by atoms with Crippen molar-refractivity contribution in [3.63, 3.8) is 0 Å². The maximum atomic E-state index is 13.1. The van der Waals surface area contributed by atoms with Gasteiger partial charge in [-0.15, -0.1) is 0 Å². The number of benzene rings is 1. The molecule has 244 valence electrons. The Bertz CT molecular complexity index is 1040. The van der Waals surface area contributed by atoms with E-state index >= 15 is 0 Å². The molecule has 0 aliphatic carbocycles. The van der Waals surface area contributed by atoms with E-state index in [1.54, 1.807) is 6.92 Å². The van der Waals surface area contributed by atoms with E-state index in [-0.39, 0.29) is 30.7 Å². The summed E-state index contributed by atoms with van der Waals surface area (Å²) in [6.45, 7) is 9.15. The van der Waals surface area contributed by atoms with Crippen molar-refractivity contribution >= 4 is 23.6 Å². The first-order valence-corrected chi connectivity index (χ1v) is 14.9. The summed E-state index contributed by atoms with van der Waals surface area (Å²) in [6, 6.07) is 2.08. The van der Waals surface area contributed by atoms with Gasteiger partial charge in [-0.05, 0) is 36.8 Å². The molecule has 0 radical (unpaired) electrons. The number of unbranched alkanes of at least 4 members (excludes halogenated alkanes) is 3. The van der Waals surface area contributed by atoms with Gasteiger partial charge in [0.2, 0.25) is 11.8 Å². The third kappa shape index (κ3) is 11.6. The topological polar surface area (TPSA) is 139 Å². The van der Waals surface area contributed by atoms with E-state index in [0.29, 0.717) is 12.0 Å². The largest absolute Gasteiger partial charge is 0.465 e. The standard InChI is InChI=1S/C25H34F3N3O6.C6H14/c1-13(2)20(21(33)25(26,27)28)30-22(34)17-6-5-11-31(17)23(35)19(29)14(3)12-18(32)15-7-9-16(10-8-15)24(36)37-4;1-3-5-6-4-2/h7-10,13-14,17,19-21,33H,5-6,11-12,29H2,1-4H3,(H,30,34);3-6H2,1-2H3/t14?,17-,19-,20?,21?;/m0./s1. The third-order valence-electron chi connectivity index (χ3n) is 7.53. The van der Waals surface area contributed by atoms with Crippen LogP contribution in [0.25, 0.3) is 0 Å². The Labute approximate surface area is 252 Å². The first-order chi connectivity index (χ1) is 20.1. The number of aliphatic hydroxyl groups is 1. The van der Waals surface area contributed by atoms with Crippen molar-refractivity contribution in [1.29, 1.82) is 0 Å². The number of nitrogens with two attached hydrogens (primary N) is 1. The highest BCUT2D eigenvalue weighted by molar-refractivity contribution is 5.98. The number of halogens is 3. The molecule has 43 heavy (non-hydrogen) atoms. The van der Waals surface area contributed by atoms with E-state index in [1.165, 1.54) is 75.8 Å². The highest BCUT2D eigenvalue weighted by Crippen LogP contribution is 2.27. The molecule has 3 unspecified atom stereocenters. The summed E-state index contributed by atoms with van der Waals surface area (Å²) in [4.78, 5) is 51.4. The molecule has 0 saturated carbocycles. The lowest BCUT2D eigenvalue weighted by Crippen LogP contribution is -2.58. The van der Waals surface area contributed by atoms with Crippen molar-refractivity contribution in [3.05, 3.63) is 35.4 Å².